The summed E-state index contributed by atoms with van der Waals surface area (Å²) in [6.07, 6.45) is 2.78. The summed E-state index contributed by atoms with van der Waals surface area (Å²) in [7, 11) is 0. The van der Waals surface area contributed by atoms with Crippen molar-refractivity contribution in [1.29, 1.82) is 0 Å². The molecule has 27 heavy (non-hydrogen) atoms. The molecule has 9 heteroatoms. The molecule has 0 bridgehead atoms. The fourth-order valence-corrected chi connectivity index (χ4v) is 3.00. The molecule has 9 nitrogen and oxygen atoms in total. The van der Waals surface area contributed by atoms with E-state index in [0.29, 0.717) is 18.8 Å². The number of nitrogens with zero attached hydrogens (tertiary/aromatic N) is 4. The van der Waals surface area contributed by atoms with Gasteiger partial charge in [-0.25, -0.2) is 9.97 Å². The number of aliphatic hydroxyl groups excluding tert-OH is 1. The summed E-state index contributed by atoms with van der Waals surface area (Å²) >= 11 is 0. The summed E-state index contributed by atoms with van der Waals surface area (Å²) in [5, 5.41) is 12.9. The number of amides is 3. The van der Waals surface area contributed by atoms with Crippen molar-refractivity contribution in [2.24, 2.45) is 5.92 Å². The highest BCUT2D eigenvalue weighted by Crippen LogP contribution is 2.16. The van der Waals surface area contributed by atoms with Gasteiger partial charge in [0, 0.05) is 31.3 Å². The van der Waals surface area contributed by atoms with Crippen LogP contribution in [0.5, 0.6) is 0 Å². The third kappa shape index (κ3) is 5.46. The number of aliphatic hydroxyl groups is 1. The molecule has 0 radical (unpaired) electrons. The number of carbonyl (C=O) groups excluding carboxylic acids is 3. The maximum atomic E-state index is 12.7. The van der Waals surface area contributed by atoms with Crippen LogP contribution in [0.3, 0.4) is 0 Å². The van der Waals surface area contributed by atoms with E-state index >= 15 is 0 Å². The lowest BCUT2D eigenvalue weighted by Crippen LogP contribution is -2.57. The Bertz CT molecular complexity index is 665. The normalized spacial score (nSPS) is 17.4. The molecule has 1 aromatic heterocycles. The monoisotopic (exact) mass is 377 g/mol. The lowest BCUT2D eigenvalue weighted by Gasteiger charge is -2.35. The van der Waals surface area contributed by atoms with E-state index in [4.69, 9.17) is 0 Å². The van der Waals surface area contributed by atoms with Crippen LogP contribution in [0.1, 0.15) is 39.4 Å². The molecule has 1 aliphatic heterocycles. The Morgan fingerprint density at radius 1 is 1.26 bits per heavy atom. The molecule has 0 saturated carbocycles. The summed E-state index contributed by atoms with van der Waals surface area (Å²) in [6.45, 7) is 5.55. The number of hydrogen-bond acceptors (Lipinski definition) is 6. The van der Waals surface area contributed by atoms with Gasteiger partial charge in [-0.15, -0.1) is 0 Å². The summed E-state index contributed by atoms with van der Waals surface area (Å²) in [6, 6.07) is 0.571. The first-order valence-corrected chi connectivity index (χ1v) is 9.11. The Morgan fingerprint density at radius 2 is 1.93 bits per heavy atom. The van der Waals surface area contributed by atoms with Gasteiger partial charge in [-0.05, 0) is 19.4 Å². The Morgan fingerprint density at radius 3 is 2.52 bits per heavy atom. The second-order valence-corrected chi connectivity index (χ2v) is 6.93. The third-order valence-corrected chi connectivity index (χ3v) is 4.37. The van der Waals surface area contributed by atoms with Crippen LogP contribution in [0, 0.1) is 5.92 Å². The Labute approximate surface area is 158 Å². The Kier molecular flexibility index (Phi) is 7.23. The zero-order chi connectivity index (χ0) is 20.0. The summed E-state index contributed by atoms with van der Waals surface area (Å²) in [5.74, 6) is -0.643. The van der Waals surface area contributed by atoms with Gasteiger partial charge in [0.15, 0.2) is 0 Å². The molecular formula is C18H27N5O4. The fraction of sp³-hybridized carbons (Fsp3) is 0.611. The van der Waals surface area contributed by atoms with E-state index in [2.05, 4.69) is 15.3 Å². The van der Waals surface area contributed by atoms with Gasteiger partial charge < -0.3 is 20.2 Å². The number of nitrogens with one attached hydrogen (secondary N) is 1. The number of aromatic nitrogens is 2. The van der Waals surface area contributed by atoms with Crippen LogP contribution in [0.2, 0.25) is 0 Å². The van der Waals surface area contributed by atoms with Gasteiger partial charge in [-0.2, -0.15) is 0 Å². The number of hydrogen-bond donors (Lipinski definition) is 2. The van der Waals surface area contributed by atoms with E-state index in [9.17, 15) is 19.5 Å². The largest absolute Gasteiger partial charge is 0.391 e. The molecule has 0 aliphatic carbocycles. The maximum Gasteiger partial charge on any atom is 0.245 e. The molecular weight excluding hydrogens is 350 g/mol. The van der Waals surface area contributed by atoms with Crippen LogP contribution in [-0.2, 0) is 20.9 Å². The van der Waals surface area contributed by atoms with E-state index in [-0.39, 0.29) is 37.4 Å². The smallest absolute Gasteiger partial charge is 0.245 e. The molecule has 0 spiro atoms. The average molecular weight is 377 g/mol. The maximum absolute atomic E-state index is 12.7. The third-order valence-electron chi connectivity index (χ3n) is 4.37. The van der Waals surface area contributed by atoms with E-state index in [0.717, 1.165) is 0 Å². The highest BCUT2D eigenvalue weighted by Gasteiger charge is 2.37. The predicted octanol–water partition coefficient (Wildman–Crippen LogP) is -0.0933. The van der Waals surface area contributed by atoms with Crippen molar-refractivity contribution < 1.29 is 19.5 Å². The Hall–Kier alpha value is -2.55. The van der Waals surface area contributed by atoms with Crippen LogP contribution in [-0.4, -0.2) is 68.0 Å². The van der Waals surface area contributed by atoms with Crippen LogP contribution in [0.4, 0.5) is 0 Å². The minimum absolute atomic E-state index is 0.0132. The van der Waals surface area contributed by atoms with E-state index in [1.54, 1.807) is 37.2 Å². The standard InChI is InChI=1S/C18H27N5O4/c1-12(2)18(27)22-9-4-6-15(25)23(11-22)16(13(3)24)17(26)21-10-14-19-7-5-8-20-14/h5,7-8,12-13,16,24H,4,6,9-11H2,1-3H3,(H,21,26). The zero-order valence-electron chi connectivity index (χ0n) is 16.0. The molecule has 1 saturated heterocycles. The highest BCUT2D eigenvalue weighted by molar-refractivity contribution is 5.89. The predicted molar refractivity (Wildman–Crippen MR) is 96.8 cm³/mol. The van der Waals surface area contributed by atoms with E-state index < -0.39 is 18.1 Å². The van der Waals surface area contributed by atoms with Crippen molar-refractivity contribution in [1.82, 2.24) is 25.1 Å². The second kappa shape index (κ2) is 9.40. The van der Waals surface area contributed by atoms with Crippen LogP contribution in [0.25, 0.3) is 0 Å². The molecule has 1 aliphatic rings. The SMILES string of the molecule is CC(C)C(=O)N1CCCC(=O)N(C(C(=O)NCc2ncccn2)C(C)O)C1. The van der Waals surface area contributed by atoms with Gasteiger partial charge >= 0.3 is 0 Å². The fourth-order valence-electron chi connectivity index (χ4n) is 3.00. The van der Waals surface area contributed by atoms with Gasteiger partial charge in [0.05, 0.1) is 19.3 Å². The van der Waals surface area contributed by atoms with Crippen LogP contribution in [0.15, 0.2) is 18.5 Å². The zero-order valence-corrected chi connectivity index (χ0v) is 16.0. The summed E-state index contributed by atoms with van der Waals surface area (Å²) < 4.78 is 0. The lowest BCUT2D eigenvalue weighted by atomic mass is 10.1. The first-order valence-electron chi connectivity index (χ1n) is 9.11. The van der Waals surface area contributed by atoms with Gasteiger partial charge in [-0.1, -0.05) is 13.8 Å². The van der Waals surface area contributed by atoms with Crippen molar-refractivity contribution in [2.45, 2.75) is 52.3 Å². The molecule has 2 atom stereocenters. The van der Waals surface area contributed by atoms with Crippen molar-refractivity contribution in [3.63, 3.8) is 0 Å². The first kappa shape index (κ1) is 20.8. The molecule has 2 rings (SSSR count). The van der Waals surface area contributed by atoms with Gasteiger partial charge in [0.2, 0.25) is 17.7 Å². The molecule has 148 valence electrons. The van der Waals surface area contributed by atoms with Gasteiger partial charge in [0.1, 0.15) is 11.9 Å². The molecule has 2 N–H and O–H groups in total. The minimum atomic E-state index is -1.10. The lowest BCUT2D eigenvalue weighted by molar-refractivity contribution is -0.149. The number of rotatable bonds is 6. The Balaban J connectivity index is 2.15. The summed E-state index contributed by atoms with van der Waals surface area (Å²) in [4.78, 5) is 48.6. The number of carbonyl (C=O) groups is 3. The van der Waals surface area contributed by atoms with Crippen LogP contribution >= 0.6 is 0 Å². The summed E-state index contributed by atoms with van der Waals surface area (Å²) in [5.41, 5.74) is 0. The molecule has 3 amide bonds. The van der Waals surface area contributed by atoms with Gasteiger partial charge in [0.25, 0.3) is 0 Å². The topological polar surface area (TPSA) is 116 Å². The molecule has 1 aromatic rings. The molecule has 0 aromatic carbocycles. The molecule has 2 heterocycles. The van der Waals surface area contributed by atoms with Crippen molar-refractivity contribution >= 4 is 17.7 Å². The highest BCUT2D eigenvalue weighted by atomic mass is 16.3. The van der Waals surface area contributed by atoms with Crippen molar-refractivity contribution in [2.75, 3.05) is 13.2 Å². The quantitative estimate of drug-likeness (QED) is 0.716. The average Bonchev–Trinajstić information content (AvgIpc) is 2.82. The van der Waals surface area contributed by atoms with E-state index in [1.807, 2.05) is 0 Å². The molecule has 1 fully saturated rings. The minimum Gasteiger partial charge on any atom is -0.391 e. The molecule has 2 unspecified atom stereocenters. The van der Waals surface area contributed by atoms with Crippen molar-refractivity contribution in [3.05, 3.63) is 24.3 Å². The first-order chi connectivity index (χ1) is 12.8. The second-order valence-electron chi connectivity index (χ2n) is 6.93. The van der Waals surface area contributed by atoms with Crippen LogP contribution < -0.4 is 5.32 Å². The van der Waals surface area contributed by atoms with Crippen molar-refractivity contribution in [3.8, 4) is 0 Å². The van der Waals surface area contributed by atoms with Gasteiger partial charge in [-0.3, -0.25) is 14.4 Å². The van der Waals surface area contributed by atoms with E-state index in [1.165, 1.54) is 11.8 Å².